The first-order valence-electron chi connectivity index (χ1n) is 10.8. The molecule has 3 heterocycles. The summed E-state index contributed by atoms with van der Waals surface area (Å²) in [6, 6.07) is 9.01. The first-order chi connectivity index (χ1) is 14.2. The Morgan fingerprint density at radius 2 is 2.10 bits per heavy atom. The lowest BCUT2D eigenvalue weighted by atomic mass is 9.91. The van der Waals surface area contributed by atoms with Crippen LogP contribution in [0.25, 0.3) is 10.9 Å². The fraction of sp³-hybridized carbons (Fsp3) is 0.545. The van der Waals surface area contributed by atoms with Gasteiger partial charge < -0.3 is 20.9 Å². The number of carbonyl (C=O) groups is 2. The van der Waals surface area contributed by atoms with Crippen molar-refractivity contribution in [1.29, 1.82) is 0 Å². The Kier molecular flexibility index (Phi) is 5.16. The van der Waals surface area contributed by atoms with Crippen molar-refractivity contribution in [2.75, 3.05) is 5.75 Å². The zero-order valence-corrected chi connectivity index (χ0v) is 17.3. The Hall–Kier alpha value is -2.15. The molecular formula is C22H28N4O2S. The first kappa shape index (κ1) is 18.9. The van der Waals surface area contributed by atoms with Crippen LogP contribution >= 0.6 is 11.8 Å². The minimum Gasteiger partial charge on any atom is -0.356 e. The van der Waals surface area contributed by atoms with Crippen LogP contribution in [0.4, 0.5) is 4.79 Å². The molecule has 4 atom stereocenters. The summed E-state index contributed by atoms with van der Waals surface area (Å²) in [5, 5.41) is 11.0. The molecule has 0 saturated carbocycles. The lowest BCUT2D eigenvalue weighted by molar-refractivity contribution is -0.122. The van der Waals surface area contributed by atoms with Crippen molar-refractivity contribution in [2.45, 2.75) is 68.3 Å². The van der Waals surface area contributed by atoms with E-state index in [1.54, 1.807) is 0 Å². The minimum absolute atomic E-state index is 0.0338. The number of aromatic nitrogens is 1. The lowest BCUT2D eigenvalue weighted by Gasteiger charge is -2.24. The van der Waals surface area contributed by atoms with Gasteiger partial charge in [0.25, 0.3) is 0 Å². The number of rotatable bonds is 6. The molecule has 3 amide bonds. The monoisotopic (exact) mass is 412 g/mol. The number of benzene rings is 1. The number of hydrogen-bond donors (Lipinski definition) is 4. The number of unbranched alkanes of at least 4 members (excludes halogenated alkanes) is 1. The van der Waals surface area contributed by atoms with Crippen molar-refractivity contribution < 1.29 is 9.59 Å². The molecule has 2 saturated heterocycles. The molecule has 29 heavy (non-hydrogen) atoms. The Balaban J connectivity index is 1.11. The number of hydrogen-bond acceptors (Lipinski definition) is 3. The van der Waals surface area contributed by atoms with Gasteiger partial charge in [-0.05, 0) is 43.7 Å². The molecule has 4 unspecified atom stereocenters. The van der Waals surface area contributed by atoms with Gasteiger partial charge in [-0.15, -0.1) is 0 Å². The summed E-state index contributed by atoms with van der Waals surface area (Å²) in [5.41, 5.74) is 3.74. The van der Waals surface area contributed by atoms with Crippen LogP contribution < -0.4 is 16.0 Å². The molecule has 3 aliphatic rings. The van der Waals surface area contributed by atoms with Crippen LogP contribution in [0.15, 0.2) is 24.3 Å². The quantitative estimate of drug-likeness (QED) is 0.433. The number of aryl methyl sites for hydroxylation is 1. The summed E-state index contributed by atoms with van der Waals surface area (Å²) in [6.45, 7) is 0. The highest BCUT2D eigenvalue weighted by atomic mass is 32.2. The summed E-state index contributed by atoms with van der Waals surface area (Å²) in [7, 11) is 0. The summed E-state index contributed by atoms with van der Waals surface area (Å²) in [5.74, 6) is 1.14. The standard InChI is InChI=1S/C22H28N4O2S/c27-19(11-4-3-10-18-21-17(12-29-18)25-22(28)26-21)23-16-9-5-7-14-13-6-1-2-8-15(13)24-20(14)16/h1-2,6,8,16-18,21,24H,3-5,7,9-12H2,(H,23,27)(H2,25,26,28). The smallest absolute Gasteiger partial charge is 0.315 e. The van der Waals surface area contributed by atoms with Crippen LogP contribution in [0.5, 0.6) is 0 Å². The SMILES string of the molecule is O=C(CCCCC1SCC2NC(=O)NC21)NC1CCCc2c1[nH]c1ccccc21. The summed E-state index contributed by atoms with van der Waals surface area (Å²) in [4.78, 5) is 27.6. The van der Waals surface area contributed by atoms with E-state index < -0.39 is 0 Å². The molecule has 5 rings (SSSR count). The predicted molar refractivity (Wildman–Crippen MR) is 116 cm³/mol. The Labute approximate surface area is 175 Å². The van der Waals surface area contributed by atoms with Gasteiger partial charge in [0.1, 0.15) is 0 Å². The molecule has 0 spiro atoms. The number of urea groups is 1. The predicted octanol–water partition coefficient (Wildman–Crippen LogP) is 3.39. The van der Waals surface area contributed by atoms with E-state index in [1.807, 2.05) is 11.8 Å². The number of thioether (sulfide) groups is 1. The van der Waals surface area contributed by atoms with Crippen molar-refractivity contribution in [3.63, 3.8) is 0 Å². The molecule has 1 aromatic heterocycles. The van der Waals surface area contributed by atoms with Gasteiger partial charge in [0, 0.05) is 34.0 Å². The Bertz CT molecular complexity index is 927. The number of fused-ring (bicyclic) bond motifs is 4. The summed E-state index contributed by atoms with van der Waals surface area (Å²) >= 11 is 1.94. The molecule has 154 valence electrons. The number of para-hydroxylation sites is 1. The molecule has 1 aliphatic carbocycles. The van der Waals surface area contributed by atoms with Crippen molar-refractivity contribution in [3.8, 4) is 0 Å². The van der Waals surface area contributed by atoms with Gasteiger partial charge in [0.2, 0.25) is 5.91 Å². The highest BCUT2D eigenvalue weighted by Crippen LogP contribution is 2.35. The maximum absolute atomic E-state index is 12.6. The van der Waals surface area contributed by atoms with Gasteiger partial charge >= 0.3 is 6.03 Å². The molecule has 2 aromatic rings. The zero-order chi connectivity index (χ0) is 19.8. The maximum atomic E-state index is 12.6. The third-order valence-corrected chi connectivity index (χ3v) is 8.04. The minimum atomic E-state index is -0.0338. The van der Waals surface area contributed by atoms with E-state index in [9.17, 15) is 9.59 Å². The number of aromatic amines is 1. The fourth-order valence-electron chi connectivity index (χ4n) is 5.10. The van der Waals surface area contributed by atoms with Crippen LogP contribution in [0.2, 0.25) is 0 Å². The second-order valence-electron chi connectivity index (χ2n) is 8.44. The first-order valence-corrected chi connectivity index (χ1v) is 11.8. The lowest BCUT2D eigenvalue weighted by Crippen LogP contribution is -2.36. The molecule has 2 fully saturated rings. The molecule has 6 nitrogen and oxygen atoms in total. The van der Waals surface area contributed by atoms with E-state index in [2.05, 4.69) is 45.2 Å². The van der Waals surface area contributed by atoms with Gasteiger partial charge in [-0.2, -0.15) is 11.8 Å². The van der Waals surface area contributed by atoms with Crippen molar-refractivity contribution >= 4 is 34.6 Å². The topological polar surface area (TPSA) is 86.0 Å². The van der Waals surface area contributed by atoms with Gasteiger partial charge in [0.05, 0.1) is 18.1 Å². The Morgan fingerprint density at radius 3 is 3.03 bits per heavy atom. The highest BCUT2D eigenvalue weighted by Gasteiger charge is 2.42. The highest BCUT2D eigenvalue weighted by molar-refractivity contribution is 8.00. The van der Waals surface area contributed by atoms with Gasteiger partial charge in [-0.1, -0.05) is 24.6 Å². The fourth-order valence-corrected chi connectivity index (χ4v) is 6.64. The van der Waals surface area contributed by atoms with E-state index in [4.69, 9.17) is 0 Å². The second kappa shape index (κ2) is 7.94. The number of nitrogens with one attached hydrogen (secondary N) is 4. The van der Waals surface area contributed by atoms with Crippen LogP contribution in [-0.2, 0) is 11.2 Å². The number of amides is 3. The van der Waals surface area contributed by atoms with Crippen LogP contribution in [0.3, 0.4) is 0 Å². The van der Waals surface area contributed by atoms with Crippen molar-refractivity contribution in [3.05, 3.63) is 35.5 Å². The number of carbonyl (C=O) groups excluding carboxylic acids is 2. The second-order valence-corrected chi connectivity index (χ2v) is 9.71. The molecule has 1 aromatic carbocycles. The average molecular weight is 413 g/mol. The number of H-pyrrole nitrogens is 1. The molecule has 0 bridgehead atoms. The zero-order valence-electron chi connectivity index (χ0n) is 16.5. The maximum Gasteiger partial charge on any atom is 0.315 e. The molecule has 0 radical (unpaired) electrons. The van der Waals surface area contributed by atoms with Gasteiger partial charge in [0.15, 0.2) is 0 Å². The third-order valence-electron chi connectivity index (χ3n) is 6.53. The average Bonchev–Trinajstić information content (AvgIpc) is 3.38. The largest absolute Gasteiger partial charge is 0.356 e. The molecule has 2 aliphatic heterocycles. The molecule has 4 N–H and O–H groups in total. The van der Waals surface area contributed by atoms with Crippen molar-refractivity contribution in [1.82, 2.24) is 20.9 Å². The van der Waals surface area contributed by atoms with Crippen LogP contribution in [0, 0.1) is 0 Å². The van der Waals surface area contributed by atoms with Crippen molar-refractivity contribution in [2.24, 2.45) is 0 Å². The Morgan fingerprint density at radius 1 is 1.21 bits per heavy atom. The van der Waals surface area contributed by atoms with Crippen LogP contribution in [-0.4, -0.2) is 40.0 Å². The van der Waals surface area contributed by atoms with Gasteiger partial charge in [-0.25, -0.2) is 4.79 Å². The normalized spacial score (nSPS) is 27.9. The van der Waals surface area contributed by atoms with E-state index >= 15 is 0 Å². The molecular weight excluding hydrogens is 384 g/mol. The summed E-state index contributed by atoms with van der Waals surface area (Å²) in [6.07, 6.45) is 6.73. The van der Waals surface area contributed by atoms with E-state index in [0.29, 0.717) is 11.7 Å². The van der Waals surface area contributed by atoms with Gasteiger partial charge in [-0.3, -0.25) is 4.79 Å². The van der Waals surface area contributed by atoms with E-state index in [1.165, 1.54) is 22.2 Å². The van der Waals surface area contributed by atoms with E-state index in [-0.39, 0.29) is 30.1 Å². The summed E-state index contributed by atoms with van der Waals surface area (Å²) < 4.78 is 0. The molecule has 7 heteroatoms. The van der Waals surface area contributed by atoms with Crippen LogP contribution in [0.1, 0.15) is 55.8 Å². The van der Waals surface area contributed by atoms with E-state index in [0.717, 1.165) is 44.3 Å². The third kappa shape index (κ3) is 3.72.